The molecule has 0 aliphatic heterocycles. The van der Waals surface area contributed by atoms with Gasteiger partial charge in [0, 0.05) is 23.4 Å². The third-order valence-corrected chi connectivity index (χ3v) is 3.46. The van der Waals surface area contributed by atoms with Crippen molar-refractivity contribution in [3.05, 3.63) is 35.5 Å². The van der Waals surface area contributed by atoms with Crippen molar-refractivity contribution in [2.24, 2.45) is 5.92 Å². The van der Waals surface area contributed by atoms with E-state index in [0.717, 1.165) is 36.1 Å². The number of phenolic OH excluding ortho intramolecular Hbond substituents is 1. The summed E-state index contributed by atoms with van der Waals surface area (Å²) in [6.07, 6.45) is 4.74. The number of carbonyl (C=O) groups excluding carboxylic acids is 1. The van der Waals surface area contributed by atoms with Gasteiger partial charge in [-0.2, -0.15) is 0 Å². The maximum Gasteiger partial charge on any atom is 0.163 e. The first kappa shape index (κ1) is 12.7. The summed E-state index contributed by atoms with van der Waals surface area (Å²) in [6.45, 7) is 3.91. The van der Waals surface area contributed by atoms with Crippen molar-refractivity contribution in [2.45, 2.75) is 33.1 Å². The molecule has 2 N–H and O–H groups in total. The molecule has 1 aliphatic carbocycles. The molecule has 3 heteroatoms. The highest BCUT2D eigenvalue weighted by atomic mass is 16.3. The Morgan fingerprint density at radius 1 is 1.44 bits per heavy atom. The number of ketones is 1. The van der Waals surface area contributed by atoms with Crippen LogP contribution in [0.15, 0.2) is 30.0 Å². The van der Waals surface area contributed by atoms with Crippen LogP contribution < -0.4 is 5.32 Å². The van der Waals surface area contributed by atoms with Crippen LogP contribution in [0, 0.1) is 12.8 Å². The first-order valence-corrected chi connectivity index (χ1v) is 6.37. The Bertz CT molecular complexity index is 491. The van der Waals surface area contributed by atoms with E-state index in [1.54, 1.807) is 12.1 Å². The summed E-state index contributed by atoms with van der Waals surface area (Å²) in [5.74, 6) is 0.658. The average Bonchev–Trinajstić information content (AvgIpc) is 2.33. The molecule has 0 spiro atoms. The van der Waals surface area contributed by atoms with Crippen LogP contribution in [0.5, 0.6) is 5.75 Å². The van der Waals surface area contributed by atoms with Gasteiger partial charge in [0.2, 0.25) is 0 Å². The summed E-state index contributed by atoms with van der Waals surface area (Å²) in [4.78, 5) is 11.9. The van der Waals surface area contributed by atoms with Crippen molar-refractivity contribution in [1.29, 1.82) is 0 Å². The molecule has 2 rings (SSSR count). The van der Waals surface area contributed by atoms with Crippen LogP contribution in [0.3, 0.4) is 0 Å². The highest BCUT2D eigenvalue weighted by Gasteiger charge is 2.22. The van der Waals surface area contributed by atoms with Crippen LogP contribution >= 0.6 is 0 Å². The Morgan fingerprint density at radius 2 is 2.22 bits per heavy atom. The van der Waals surface area contributed by atoms with E-state index in [-0.39, 0.29) is 17.5 Å². The average molecular weight is 245 g/mol. The Morgan fingerprint density at radius 3 is 2.94 bits per heavy atom. The highest BCUT2D eigenvalue weighted by molar-refractivity contribution is 5.97. The second-order valence-electron chi connectivity index (χ2n) is 4.97. The van der Waals surface area contributed by atoms with E-state index in [1.165, 1.54) is 0 Å². The molecule has 1 aromatic carbocycles. The molecule has 1 atom stereocenters. The molecule has 0 aromatic heterocycles. The van der Waals surface area contributed by atoms with Gasteiger partial charge >= 0.3 is 0 Å². The number of rotatable bonds is 2. The van der Waals surface area contributed by atoms with Gasteiger partial charge in [-0.3, -0.25) is 4.79 Å². The molecular formula is C15H19NO2. The molecule has 96 valence electrons. The van der Waals surface area contributed by atoms with Gasteiger partial charge in [-0.15, -0.1) is 0 Å². The molecule has 1 fully saturated rings. The van der Waals surface area contributed by atoms with Crippen LogP contribution in [0.4, 0.5) is 5.69 Å². The molecule has 1 aromatic rings. The van der Waals surface area contributed by atoms with E-state index < -0.39 is 0 Å². The number of Topliss-reactive ketones (excluding diaryl/α,β-unsaturated/α-hetero) is 1. The summed E-state index contributed by atoms with van der Waals surface area (Å²) in [5, 5.41) is 12.5. The van der Waals surface area contributed by atoms with Crippen LogP contribution in [0.2, 0.25) is 0 Å². The highest BCUT2D eigenvalue weighted by Crippen LogP contribution is 2.26. The summed E-state index contributed by atoms with van der Waals surface area (Å²) in [6, 6.07) is 5.16. The largest absolute Gasteiger partial charge is 0.508 e. The Balaban J connectivity index is 2.12. The van der Waals surface area contributed by atoms with Gasteiger partial charge in [0.25, 0.3) is 0 Å². The normalized spacial score (nSPS) is 22.2. The topological polar surface area (TPSA) is 49.3 Å². The fourth-order valence-corrected chi connectivity index (χ4v) is 2.29. The quantitative estimate of drug-likeness (QED) is 0.620. The minimum atomic E-state index is 0.146. The predicted octanol–water partition coefficient (Wildman–Crippen LogP) is 3.39. The van der Waals surface area contributed by atoms with Crippen molar-refractivity contribution in [3.63, 3.8) is 0 Å². The van der Waals surface area contributed by atoms with Gasteiger partial charge in [0.15, 0.2) is 5.78 Å². The fraction of sp³-hybridized carbons (Fsp3) is 0.400. The number of phenols is 1. The SMILES string of the molecule is Cc1cc(O)ccc1N/C=C1/CCC[C@@H](C)C1=O. The second kappa shape index (κ2) is 5.25. The number of benzene rings is 1. The van der Waals surface area contributed by atoms with E-state index in [2.05, 4.69) is 5.32 Å². The van der Waals surface area contributed by atoms with Gasteiger partial charge in [0.05, 0.1) is 0 Å². The van der Waals surface area contributed by atoms with Gasteiger partial charge in [-0.05, 0) is 49.9 Å². The monoisotopic (exact) mass is 245 g/mol. The number of aromatic hydroxyl groups is 1. The maximum atomic E-state index is 11.9. The van der Waals surface area contributed by atoms with Crippen molar-refractivity contribution < 1.29 is 9.90 Å². The van der Waals surface area contributed by atoms with Gasteiger partial charge in [0.1, 0.15) is 5.75 Å². The van der Waals surface area contributed by atoms with E-state index in [4.69, 9.17) is 0 Å². The standard InChI is InChI=1S/C15H19NO2/c1-10-4-3-5-12(15(10)18)9-16-14-7-6-13(17)8-11(14)2/h6-10,16-17H,3-5H2,1-2H3/b12-9-/t10-/m1/s1. The lowest BCUT2D eigenvalue weighted by atomic mass is 9.86. The number of anilines is 1. The van der Waals surface area contributed by atoms with Crippen molar-refractivity contribution in [2.75, 3.05) is 5.32 Å². The lowest BCUT2D eigenvalue weighted by Crippen LogP contribution is -2.19. The predicted molar refractivity (Wildman–Crippen MR) is 72.6 cm³/mol. The van der Waals surface area contributed by atoms with Gasteiger partial charge < -0.3 is 10.4 Å². The second-order valence-corrected chi connectivity index (χ2v) is 4.97. The van der Waals surface area contributed by atoms with E-state index in [0.29, 0.717) is 0 Å². The Kier molecular flexibility index (Phi) is 3.70. The van der Waals surface area contributed by atoms with Gasteiger partial charge in [-0.1, -0.05) is 6.92 Å². The molecule has 0 bridgehead atoms. The Labute approximate surface area is 108 Å². The molecule has 0 heterocycles. The Hall–Kier alpha value is -1.77. The van der Waals surface area contributed by atoms with Crippen molar-refractivity contribution >= 4 is 11.5 Å². The van der Waals surface area contributed by atoms with Crippen LogP contribution in [-0.4, -0.2) is 10.9 Å². The van der Waals surface area contributed by atoms with E-state index >= 15 is 0 Å². The number of carbonyl (C=O) groups is 1. The van der Waals surface area contributed by atoms with Crippen LogP contribution in [-0.2, 0) is 4.79 Å². The number of nitrogens with one attached hydrogen (secondary N) is 1. The summed E-state index contributed by atoms with van der Waals surface area (Å²) >= 11 is 0. The molecule has 0 saturated heterocycles. The zero-order valence-corrected chi connectivity index (χ0v) is 10.9. The third kappa shape index (κ3) is 2.73. The van der Waals surface area contributed by atoms with E-state index in [1.807, 2.05) is 26.1 Å². The zero-order chi connectivity index (χ0) is 13.1. The lowest BCUT2D eigenvalue weighted by Gasteiger charge is -2.19. The molecule has 18 heavy (non-hydrogen) atoms. The zero-order valence-electron chi connectivity index (χ0n) is 10.9. The molecule has 1 saturated carbocycles. The molecule has 3 nitrogen and oxygen atoms in total. The molecule has 1 aliphatic rings. The summed E-state index contributed by atoms with van der Waals surface area (Å²) in [5.41, 5.74) is 2.76. The first-order valence-electron chi connectivity index (χ1n) is 6.37. The minimum absolute atomic E-state index is 0.146. The third-order valence-electron chi connectivity index (χ3n) is 3.46. The number of hydrogen-bond acceptors (Lipinski definition) is 3. The number of aryl methyl sites for hydroxylation is 1. The summed E-state index contributed by atoms with van der Waals surface area (Å²) < 4.78 is 0. The molecular weight excluding hydrogens is 226 g/mol. The smallest absolute Gasteiger partial charge is 0.163 e. The number of hydrogen-bond donors (Lipinski definition) is 2. The number of allylic oxidation sites excluding steroid dienone is 1. The molecule has 0 unspecified atom stereocenters. The maximum absolute atomic E-state index is 11.9. The van der Waals surface area contributed by atoms with Crippen LogP contribution in [0.25, 0.3) is 0 Å². The molecule has 0 radical (unpaired) electrons. The summed E-state index contributed by atoms with van der Waals surface area (Å²) in [7, 11) is 0. The minimum Gasteiger partial charge on any atom is -0.508 e. The van der Waals surface area contributed by atoms with E-state index in [9.17, 15) is 9.90 Å². The van der Waals surface area contributed by atoms with Crippen molar-refractivity contribution in [1.82, 2.24) is 0 Å². The van der Waals surface area contributed by atoms with Gasteiger partial charge in [-0.25, -0.2) is 0 Å². The van der Waals surface area contributed by atoms with Crippen LogP contribution in [0.1, 0.15) is 31.7 Å². The van der Waals surface area contributed by atoms with Crippen molar-refractivity contribution in [3.8, 4) is 5.75 Å². The fourth-order valence-electron chi connectivity index (χ4n) is 2.29. The lowest BCUT2D eigenvalue weighted by molar-refractivity contribution is -0.119. The first-order chi connectivity index (χ1) is 8.58. The molecule has 0 amide bonds.